The molecule has 1 rings (SSSR count). The smallest absolute Gasteiger partial charge is 0.337 e. The van der Waals surface area contributed by atoms with Crippen LogP contribution in [0.5, 0.6) is 0 Å². The van der Waals surface area contributed by atoms with E-state index in [1.807, 2.05) is 0 Å². The molecule has 0 amide bonds. The monoisotopic (exact) mass is 287 g/mol. The maximum absolute atomic E-state index is 11.8. The summed E-state index contributed by atoms with van der Waals surface area (Å²) in [5.74, 6) is -1.36. The van der Waals surface area contributed by atoms with Crippen LogP contribution in [0.4, 0.5) is 0 Å². The Labute approximate surface area is 110 Å². The minimum atomic E-state index is -3.89. The van der Waals surface area contributed by atoms with Crippen LogP contribution in [0.25, 0.3) is 0 Å². The van der Waals surface area contributed by atoms with Crippen LogP contribution in [-0.2, 0) is 24.3 Å². The molecule has 0 aliphatic heterocycles. The number of rotatable bonds is 5. The van der Waals surface area contributed by atoms with Crippen molar-refractivity contribution in [1.82, 2.24) is 4.72 Å². The lowest BCUT2D eigenvalue weighted by Crippen LogP contribution is -2.30. The number of benzene rings is 1. The summed E-state index contributed by atoms with van der Waals surface area (Å²) in [7, 11) is -1.55. The number of hydrogen-bond donors (Lipinski definition) is 1. The third-order valence-corrected chi connectivity index (χ3v) is 3.60. The Morgan fingerprint density at radius 1 is 1.21 bits per heavy atom. The first-order chi connectivity index (χ1) is 8.90. The van der Waals surface area contributed by atoms with E-state index in [0.29, 0.717) is 0 Å². The first-order valence-corrected chi connectivity index (χ1v) is 6.64. The van der Waals surface area contributed by atoms with Gasteiger partial charge in [-0.1, -0.05) is 6.07 Å². The third-order valence-electron chi connectivity index (χ3n) is 2.20. The van der Waals surface area contributed by atoms with Crippen molar-refractivity contribution in [3.63, 3.8) is 0 Å². The number of nitrogens with one attached hydrogen (secondary N) is 1. The highest BCUT2D eigenvalue weighted by atomic mass is 32.2. The molecule has 1 aromatic carbocycles. The van der Waals surface area contributed by atoms with Crippen molar-refractivity contribution < 1.29 is 27.5 Å². The molecule has 0 atom stereocenters. The van der Waals surface area contributed by atoms with Gasteiger partial charge in [-0.15, -0.1) is 0 Å². The van der Waals surface area contributed by atoms with Crippen molar-refractivity contribution in [3.05, 3.63) is 29.8 Å². The first-order valence-electron chi connectivity index (χ1n) is 5.15. The minimum Gasteiger partial charge on any atom is -0.468 e. The van der Waals surface area contributed by atoms with Crippen LogP contribution < -0.4 is 4.72 Å². The summed E-state index contributed by atoms with van der Waals surface area (Å²) >= 11 is 0. The van der Waals surface area contributed by atoms with Crippen LogP contribution in [0.2, 0.25) is 0 Å². The van der Waals surface area contributed by atoms with Gasteiger partial charge < -0.3 is 9.47 Å². The highest BCUT2D eigenvalue weighted by molar-refractivity contribution is 7.89. The third kappa shape index (κ3) is 4.04. The molecule has 0 bridgehead atoms. The molecule has 104 valence electrons. The molecule has 0 aromatic heterocycles. The number of sulfonamides is 1. The average molecular weight is 287 g/mol. The fourth-order valence-corrected chi connectivity index (χ4v) is 2.23. The molecule has 1 aromatic rings. The molecular weight excluding hydrogens is 274 g/mol. The molecular formula is C11H13NO6S. The average Bonchev–Trinajstić information content (AvgIpc) is 2.44. The highest BCUT2D eigenvalue weighted by Crippen LogP contribution is 2.12. The van der Waals surface area contributed by atoms with Crippen LogP contribution in [-0.4, -0.2) is 41.1 Å². The summed E-state index contributed by atoms with van der Waals surface area (Å²) in [4.78, 5) is 22.0. The number of carbonyl (C=O) groups excluding carboxylic acids is 2. The van der Waals surface area contributed by atoms with Crippen molar-refractivity contribution >= 4 is 22.0 Å². The summed E-state index contributed by atoms with van der Waals surface area (Å²) in [6.07, 6.45) is 0. The Morgan fingerprint density at radius 2 is 1.89 bits per heavy atom. The molecule has 0 saturated carbocycles. The molecule has 0 aliphatic carbocycles. The standard InChI is InChI=1S/C11H13NO6S/c1-17-10(13)7-12-19(15,16)9-5-3-4-8(6-9)11(14)18-2/h3-6,12H,7H2,1-2H3. The summed E-state index contributed by atoms with van der Waals surface area (Å²) in [5, 5.41) is 0. The lowest BCUT2D eigenvalue weighted by molar-refractivity contribution is -0.139. The highest BCUT2D eigenvalue weighted by Gasteiger charge is 2.17. The SMILES string of the molecule is COC(=O)CNS(=O)(=O)c1cccc(C(=O)OC)c1. The van der Waals surface area contributed by atoms with Gasteiger partial charge in [-0.05, 0) is 18.2 Å². The normalized spacial score (nSPS) is 10.8. The molecule has 0 aliphatic rings. The van der Waals surface area contributed by atoms with E-state index >= 15 is 0 Å². The van der Waals surface area contributed by atoms with Crippen LogP contribution >= 0.6 is 0 Å². The van der Waals surface area contributed by atoms with E-state index in [2.05, 4.69) is 14.2 Å². The van der Waals surface area contributed by atoms with E-state index in [0.717, 1.165) is 13.2 Å². The van der Waals surface area contributed by atoms with Crippen molar-refractivity contribution in [2.45, 2.75) is 4.90 Å². The summed E-state index contributed by atoms with van der Waals surface area (Å²) in [6, 6.07) is 5.28. The number of methoxy groups -OCH3 is 2. The van der Waals surface area contributed by atoms with E-state index in [-0.39, 0.29) is 10.5 Å². The summed E-state index contributed by atoms with van der Waals surface area (Å²) < 4.78 is 34.6. The fourth-order valence-electron chi connectivity index (χ4n) is 1.22. The van der Waals surface area contributed by atoms with E-state index in [9.17, 15) is 18.0 Å². The van der Waals surface area contributed by atoms with Crippen LogP contribution in [0, 0.1) is 0 Å². The molecule has 0 spiro atoms. The van der Waals surface area contributed by atoms with Crippen LogP contribution in [0.15, 0.2) is 29.2 Å². The zero-order valence-corrected chi connectivity index (χ0v) is 11.2. The zero-order valence-electron chi connectivity index (χ0n) is 10.4. The first kappa shape index (κ1) is 15.1. The van der Waals surface area contributed by atoms with Crippen molar-refractivity contribution in [2.24, 2.45) is 0 Å². The Kier molecular flexibility index (Phi) is 5.02. The van der Waals surface area contributed by atoms with E-state index in [4.69, 9.17) is 0 Å². The molecule has 8 heteroatoms. The number of esters is 2. The molecule has 0 heterocycles. The molecule has 19 heavy (non-hydrogen) atoms. The van der Waals surface area contributed by atoms with Gasteiger partial charge in [-0.2, -0.15) is 4.72 Å². The quantitative estimate of drug-likeness (QED) is 0.761. The Morgan fingerprint density at radius 3 is 2.47 bits per heavy atom. The molecule has 0 saturated heterocycles. The number of ether oxygens (including phenoxy) is 2. The van der Waals surface area contributed by atoms with Crippen LogP contribution in [0.3, 0.4) is 0 Å². The van der Waals surface area contributed by atoms with E-state index < -0.39 is 28.5 Å². The molecule has 0 radical (unpaired) electrons. The minimum absolute atomic E-state index is 0.100. The fraction of sp³-hybridized carbons (Fsp3) is 0.273. The summed E-state index contributed by atoms with van der Waals surface area (Å²) in [5.41, 5.74) is 0.100. The number of carbonyl (C=O) groups is 2. The predicted molar refractivity (Wildman–Crippen MR) is 65.0 cm³/mol. The molecule has 0 fully saturated rings. The maximum Gasteiger partial charge on any atom is 0.337 e. The second-order valence-corrected chi connectivity index (χ2v) is 5.19. The predicted octanol–water partition coefficient (Wildman–Crippen LogP) is -0.0755. The van der Waals surface area contributed by atoms with Crippen molar-refractivity contribution in [3.8, 4) is 0 Å². The van der Waals surface area contributed by atoms with Crippen molar-refractivity contribution in [2.75, 3.05) is 20.8 Å². The van der Waals surface area contributed by atoms with Gasteiger partial charge in [0.15, 0.2) is 0 Å². The second kappa shape index (κ2) is 6.30. The summed E-state index contributed by atoms with van der Waals surface area (Å²) in [6.45, 7) is -0.485. The van der Waals surface area contributed by atoms with Gasteiger partial charge in [-0.3, -0.25) is 4.79 Å². The van der Waals surface area contributed by atoms with Gasteiger partial charge in [0.1, 0.15) is 6.54 Å². The van der Waals surface area contributed by atoms with Crippen molar-refractivity contribution in [1.29, 1.82) is 0 Å². The van der Waals surface area contributed by atoms with Gasteiger partial charge in [-0.25, -0.2) is 13.2 Å². The van der Waals surface area contributed by atoms with Gasteiger partial charge >= 0.3 is 11.9 Å². The Hall–Kier alpha value is -1.93. The van der Waals surface area contributed by atoms with E-state index in [1.165, 1.54) is 25.3 Å². The number of hydrogen-bond acceptors (Lipinski definition) is 6. The second-order valence-electron chi connectivity index (χ2n) is 3.42. The van der Waals surface area contributed by atoms with Gasteiger partial charge in [0, 0.05) is 0 Å². The lowest BCUT2D eigenvalue weighted by Gasteiger charge is -2.07. The molecule has 0 unspecified atom stereocenters. The van der Waals surface area contributed by atoms with Gasteiger partial charge in [0.25, 0.3) is 0 Å². The van der Waals surface area contributed by atoms with Gasteiger partial charge in [0.2, 0.25) is 10.0 Å². The molecule has 1 N–H and O–H groups in total. The maximum atomic E-state index is 11.8. The largest absolute Gasteiger partial charge is 0.468 e. The van der Waals surface area contributed by atoms with Crippen LogP contribution in [0.1, 0.15) is 10.4 Å². The molecule has 7 nitrogen and oxygen atoms in total. The lowest BCUT2D eigenvalue weighted by atomic mass is 10.2. The topological polar surface area (TPSA) is 98.8 Å². The zero-order chi connectivity index (χ0) is 14.5. The van der Waals surface area contributed by atoms with E-state index in [1.54, 1.807) is 0 Å². The Bertz CT molecular complexity index is 581. The Balaban J connectivity index is 2.95. The van der Waals surface area contributed by atoms with Gasteiger partial charge in [0.05, 0.1) is 24.7 Å².